The molecule has 2 aromatic carbocycles. The van der Waals surface area contributed by atoms with Crippen LogP contribution in [0.2, 0.25) is 0 Å². The van der Waals surface area contributed by atoms with Gasteiger partial charge in [-0.3, -0.25) is 4.79 Å². The summed E-state index contributed by atoms with van der Waals surface area (Å²) in [4.78, 5) is 12.9. The molecule has 0 bridgehead atoms. The highest BCUT2D eigenvalue weighted by Crippen LogP contribution is 2.33. The first-order chi connectivity index (χ1) is 12.3. The van der Waals surface area contributed by atoms with Crippen LogP contribution in [0.4, 0.5) is 18.9 Å². The van der Waals surface area contributed by atoms with Crippen molar-refractivity contribution < 1.29 is 23.1 Å². The molecular formula is C19H15F3N2O2. The van der Waals surface area contributed by atoms with Crippen molar-refractivity contribution in [3.8, 4) is 5.69 Å². The number of nitrogens with zero attached hydrogens (tertiary/aromatic N) is 2. The molecule has 3 aromatic rings. The zero-order chi connectivity index (χ0) is 18.5. The molecule has 0 saturated carbocycles. The van der Waals surface area contributed by atoms with Gasteiger partial charge >= 0.3 is 12.1 Å². The number of alkyl halides is 3. The topological polar surface area (TPSA) is 45.5 Å². The molecule has 4 nitrogen and oxygen atoms in total. The van der Waals surface area contributed by atoms with Crippen molar-refractivity contribution in [2.45, 2.75) is 6.18 Å². The monoisotopic (exact) mass is 360 g/mol. The molecule has 0 spiro atoms. The number of hydrogen-bond acceptors (Lipinski definition) is 2. The molecule has 1 aliphatic rings. The Labute approximate surface area is 147 Å². The maximum Gasteiger partial charge on any atom is 0.416 e. The van der Waals surface area contributed by atoms with Gasteiger partial charge in [0, 0.05) is 36.0 Å². The van der Waals surface area contributed by atoms with Crippen LogP contribution in [0.5, 0.6) is 0 Å². The number of carboxylic acids is 1. The molecule has 0 amide bonds. The standard InChI is InChI=1S/C19H15F3N2O2/c20-19(21,22)14-4-5-17-12(8-14)6-7-24(17)16-3-1-2-15(9-16)23-10-13(11-23)18(25)26/h1-9,13H,10-11H2,(H,25,26). The van der Waals surface area contributed by atoms with Crippen molar-refractivity contribution in [3.05, 3.63) is 60.3 Å². The maximum absolute atomic E-state index is 12.9. The summed E-state index contributed by atoms with van der Waals surface area (Å²) in [5.74, 6) is -1.15. The smallest absolute Gasteiger partial charge is 0.416 e. The highest BCUT2D eigenvalue weighted by atomic mass is 19.4. The van der Waals surface area contributed by atoms with Gasteiger partial charge in [-0.05, 0) is 42.5 Å². The molecule has 1 aliphatic heterocycles. The summed E-state index contributed by atoms with van der Waals surface area (Å²) in [7, 11) is 0. The van der Waals surface area contributed by atoms with E-state index in [1.54, 1.807) is 12.3 Å². The van der Waals surface area contributed by atoms with Crippen LogP contribution in [0.1, 0.15) is 5.56 Å². The number of rotatable bonds is 3. The second-order valence-electron chi connectivity index (χ2n) is 6.42. The summed E-state index contributed by atoms with van der Waals surface area (Å²) in [5.41, 5.74) is 1.73. The lowest BCUT2D eigenvalue weighted by Crippen LogP contribution is -2.50. The van der Waals surface area contributed by atoms with E-state index in [1.807, 2.05) is 33.7 Å². The van der Waals surface area contributed by atoms with Gasteiger partial charge in [0.1, 0.15) is 0 Å². The van der Waals surface area contributed by atoms with Crippen molar-refractivity contribution >= 4 is 22.6 Å². The van der Waals surface area contributed by atoms with Gasteiger partial charge in [-0.2, -0.15) is 13.2 Å². The highest BCUT2D eigenvalue weighted by molar-refractivity contribution is 5.83. The molecule has 134 valence electrons. The number of carboxylic acid groups (broad SMARTS) is 1. The first kappa shape index (κ1) is 16.5. The van der Waals surface area contributed by atoms with Gasteiger partial charge in [-0.1, -0.05) is 6.07 Å². The van der Waals surface area contributed by atoms with Gasteiger partial charge in [0.2, 0.25) is 0 Å². The van der Waals surface area contributed by atoms with Gasteiger partial charge in [0.15, 0.2) is 0 Å². The van der Waals surface area contributed by atoms with Gasteiger partial charge in [0.25, 0.3) is 0 Å². The molecule has 7 heteroatoms. The summed E-state index contributed by atoms with van der Waals surface area (Å²) >= 11 is 0. The fourth-order valence-electron chi connectivity index (χ4n) is 3.23. The number of halogens is 3. The van der Waals surface area contributed by atoms with Gasteiger partial charge in [-0.15, -0.1) is 0 Å². The van der Waals surface area contributed by atoms with Crippen LogP contribution in [0.15, 0.2) is 54.7 Å². The minimum Gasteiger partial charge on any atom is -0.481 e. The molecule has 0 aliphatic carbocycles. The number of carbonyl (C=O) groups is 1. The molecule has 1 aromatic heterocycles. The van der Waals surface area contributed by atoms with Crippen LogP contribution < -0.4 is 4.90 Å². The fourth-order valence-corrected chi connectivity index (χ4v) is 3.23. The third kappa shape index (κ3) is 2.79. The van der Waals surface area contributed by atoms with Crippen LogP contribution in [0, 0.1) is 5.92 Å². The summed E-state index contributed by atoms with van der Waals surface area (Å²) in [6.07, 6.45) is -2.63. The highest BCUT2D eigenvalue weighted by Gasteiger charge is 2.33. The Morgan fingerprint density at radius 3 is 2.46 bits per heavy atom. The lowest BCUT2D eigenvalue weighted by atomic mass is 9.99. The zero-order valence-electron chi connectivity index (χ0n) is 13.6. The SMILES string of the molecule is O=C(O)C1CN(c2cccc(-n3ccc4cc(C(F)(F)F)ccc43)c2)C1. The molecule has 0 atom stereocenters. The van der Waals surface area contributed by atoms with E-state index in [0.29, 0.717) is 24.0 Å². The van der Waals surface area contributed by atoms with E-state index in [0.717, 1.165) is 23.5 Å². The molecular weight excluding hydrogens is 345 g/mol. The normalized spacial score (nSPS) is 15.3. The number of hydrogen-bond donors (Lipinski definition) is 1. The van der Waals surface area contributed by atoms with Crippen LogP contribution in [0.3, 0.4) is 0 Å². The summed E-state index contributed by atoms with van der Waals surface area (Å²) in [6, 6.07) is 12.9. The number of aromatic nitrogens is 1. The summed E-state index contributed by atoms with van der Waals surface area (Å²) < 4.78 is 40.4. The van der Waals surface area contributed by atoms with E-state index in [2.05, 4.69) is 0 Å². The zero-order valence-corrected chi connectivity index (χ0v) is 13.6. The molecule has 1 N–H and O–H groups in total. The van der Waals surface area contributed by atoms with E-state index in [4.69, 9.17) is 5.11 Å². The van der Waals surface area contributed by atoms with E-state index in [9.17, 15) is 18.0 Å². The Morgan fingerprint density at radius 1 is 1.04 bits per heavy atom. The number of benzene rings is 2. The average molecular weight is 360 g/mol. The molecule has 0 radical (unpaired) electrons. The molecule has 2 heterocycles. The van der Waals surface area contributed by atoms with E-state index >= 15 is 0 Å². The fraction of sp³-hybridized carbons (Fsp3) is 0.211. The molecule has 0 unspecified atom stereocenters. The number of anilines is 1. The minimum atomic E-state index is -4.37. The second-order valence-corrected chi connectivity index (χ2v) is 6.42. The predicted molar refractivity (Wildman–Crippen MR) is 91.6 cm³/mol. The molecule has 26 heavy (non-hydrogen) atoms. The first-order valence-electron chi connectivity index (χ1n) is 8.09. The summed E-state index contributed by atoms with van der Waals surface area (Å²) in [6.45, 7) is 0.917. The minimum absolute atomic E-state index is 0.355. The Kier molecular flexibility index (Phi) is 3.68. The largest absolute Gasteiger partial charge is 0.481 e. The molecule has 1 saturated heterocycles. The Balaban J connectivity index is 1.66. The van der Waals surface area contributed by atoms with Crippen molar-refractivity contribution in [2.24, 2.45) is 5.92 Å². The Hall–Kier alpha value is -2.96. The Morgan fingerprint density at radius 2 is 1.77 bits per heavy atom. The van der Waals surface area contributed by atoms with Crippen molar-refractivity contribution in [3.63, 3.8) is 0 Å². The second kappa shape index (κ2) is 5.79. The van der Waals surface area contributed by atoms with E-state index in [-0.39, 0.29) is 5.92 Å². The predicted octanol–water partition coefficient (Wildman–Crippen LogP) is 4.17. The third-order valence-electron chi connectivity index (χ3n) is 4.72. The lowest BCUT2D eigenvalue weighted by Gasteiger charge is -2.38. The average Bonchev–Trinajstić information content (AvgIpc) is 2.95. The van der Waals surface area contributed by atoms with Crippen LogP contribution >= 0.6 is 0 Å². The summed E-state index contributed by atoms with van der Waals surface area (Å²) in [5, 5.41) is 9.50. The van der Waals surface area contributed by atoms with Crippen molar-refractivity contribution in [1.29, 1.82) is 0 Å². The van der Waals surface area contributed by atoms with Crippen LogP contribution in [-0.2, 0) is 11.0 Å². The van der Waals surface area contributed by atoms with E-state index < -0.39 is 17.7 Å². The van der Waals surface area contributed by atoms with Crippen molar-refractivity contribution in [1.82, 2.24) is 4.57 Å². The van der Waals surface area contributed by atoms with E-state index in [1.165, 1.54) is 6.07 Å². The first-order valence-corrected chi connectivity index (χ1v) is 8.09. The lowest BCUT2D eigenvalue weighted by molar-refractivity contribution is -0.142. The number of fused-ring (bicyclic) bond motifs is 1. The van der Waals surface area contributed by atoms with Crippen molar-refractivity contribution in [2.75, 3.05) is 18.0 Å². The van der Waals surface area contributed by atoms with Gasteiger partial charge < -0.3 is 14.6 Å². The molecule has 1 fully saturated rings. The van der Waals surface area contributed by atoms with Gasteiger partial charge in [0.05, 0.1) is 17.0 Å². The third-order valence-corrected chi connectivity index (χ3v) is 4.72. The van der Waals surface area contributed by atoms with Gasteiger partial charge in [-0.25, -0.2) is 0 Å². The quantitative estimate of drug-likeness (QED) is 0.763. The molecule has 4 rings (SSSR count). The van der Waals surface area contributed by atoms with Crippen LogP contribution in [-0.4, -0.2) is 28.7 Å². The maximum atomic E-state index is 12.9. The van der Waals surface area contributed by atoms with Crippen LogP contribution in [0.25, 0.3) is 16.6 Å². The Bertz CT molecular complexity index is 988. The number of aliphatic carboxylic acids is 1.